The van der Waals surface area contributed by atoms with Crippen LogP contribution in [0.25, 0.3) is 0 Å². The minimum absolute atomic E-state index is 0.00951. The zero-order chi connectivity index (χ0) is 21.6. The van der Waals surface area contributed by atoms with E-state index in [0.717, 1.165) is 42.3 Å². The first-order valence-electron chi connectivity index (χ1n) is 10.9. The number of carbonyl (C=O) groups excluding carboxylic acids is 2. The third kappa shape index (κ3) is 4.98. The van der Waals surface area contributed by atoms with Crippen LogP contribution in [-0.2, 0) is 4.79 Å². The van der Waals surface area contributed by atoms with E-state index in [1.807, 2.05) is 41.0 Å². The maximum atomic E-state index is 13.3. The summed E-state index contributed by atoms with van der Waals surface area (Å²) in [6.45, 7) is 4.55. The van der Waals surface area contributed by atoms with Crippen molar-refractivity contribution in [3.05, 3.63) is 48.0 Å². The number of likely N-dealkylation sites (tertiary alicyclic amines) is 1. The number of thioether (sulfide) groups is 1. The summed E-state index contributed by atoms with van der Waals surface area (Å²) in [6, 6.07) is 13.2. The topological polar surface area (TPSA) is 59.1 Å². The maximum absolute atomic E-state index is 13.3. The highest BCUT2D eigenvalue weighted by molar-refractivity contribution is 7.99. The molecule has 0 aliphatic carbocycles. The third-order valence-corrected chi connectivity index (χ3v) is 6.57. The Balaban J connectivity index is 1.49. The first-order valence-corrected chi connectivity index (χ1v) is 11.9. The number of para-hydroxylation sites is 1. The lowest BCUT2D eigenvalue weighted by atomic mass is 10.1. The van der Waals surface area contributed by atoms with Crippen LogP contribution in [0, 0.1) is 0 Å². The van der Waals surface area contributed by atoms with Crippen LogP contribution in [0.4, 0.5) is 5.69 Å². The molecule has 0 atom stereocenters. The number of hydrogen-bond donors (Lipinski definition) is 0. The standard InChI is InChI=1S/C24H28N2O4S/c1-2-29-21-16-18(24(28)26-14-15-31-22-9-5-4-8-19(22)26)10-11-20(21)30-17-23(27)25-12-6-3-7-13-25/h4-5,8-11,16H,2-3,6-7,12-15,17H2,1H3. The molecule has 0 saturated carbocycles. The fraction of sp³-hybridized carbons (Fsp3) is 0.417. The highest BCUT2D eigenvalue weighted by atomic mass is 32.2. The van der Waals surface area contributed by atoms with E-state index in [1.165, 1.54) is 6.42 Å². The van der Waals surface area contributed by atoms with Gasteiger partial charge in [0, 0.05) is 35.8 Å². The van der Waals surface area contributed by atoms with Crippen molar-refractivity contribution in [1.82, 2.24) is 4.90 Å². The molecule has 4 rings (SSSR count). The summed E-state index contributed by atoms with van der Waals surface area (Å²) in [6.07, 6.45) is 3.27. The molecule has 0 bridgehead atoms. The van der Waals surface area contributed by atoms with E-state index in [1.54, 1.807) is 30.0 Å². The summed E-state index contributed by atoms with van der Waals surface area (Å²) in [5.41, 5.74) is 1.48. The molecule has 2 heterocycles. The summed E-state index contributed by atoms with van der Waals surface area (Å²) >= 11 is 1.77. The van der Waals surface area contributed by atoms with Crippen LogP contribution in [0.15, 0.2) is 47.4 Å². The van der Waals surface area contributed by atoms with E-state index >= 15 is 0 Å². The number of rotatable bonds is 6. The molecule has 7 heteroatoms. The molecule has 0 unspecified atom stereocenters. The molecular formula is C24H28N2O4S. The van der Waals surface area contributed by atoms with Gasteiger partial charge in [0.25, 0.3) is 11.8 Å². The van der Waals surface area contributed by atoms with Crippen molar-refractivity contribution in [2.45, 2.75) is 31.1 Å². The van der Waals surface area contributed by atoms with Crippen LogP contribution in [0.2, 0.25) is 0 Å². The highest BCUT2D eigenvalue weighted by Crippen LogP contribution is 2.36. The second-order valence-corrected chi connectivity index (χ2v) is 8.73. The largest absolute Gasteiger partial charge is 0.490 e. The first-order chi connectivity index (χ1) is 15.2. The molecule has 2 aromatic rings. The van der Waals surface area contributed by atoms with Gasteiger partial charge in [-0.2, -0.15) is 0 Å². The zero-order valence-corrected chi connectivity index (χ0v) is 18.7. The van der Waals surface area contributed by atoms with Gasteiger partial charge in [0.2, 0.25) is 0 Å². The van der Waals surface area contributed by atoms with Crippen molar-refractivity contribution < 1.29 is 19.1 Å². The Morgan fingerprint density at radius 2 is 1.77 bits per heavy atom. The number of piperidine rings is 1. The van der Waals surface area contributed by atoms with Crippen LogP contribution < -0.4 is 14.4 Å². The molecular weight excluding hydrogens is 412 g/mol. The van der Waals surface area contributed by atoms with Crippen LogP contribution in [0.3, 0.4) is 0 Å². The molecule has 2 amide bonds. The summed E-state index contributed by atoms with van der Waals surface area (Å²) in [5.74, 6) is 1.76. The van der Waals surface area contributed by atoms with Crippen LogP contribution in [-0.4, -0.2) is 55.3 Å². The number of carbonyl (C=O) groups is 2. The number of hydrogen-bond acceptors (Lipinski definition) is 5. The third-order valence-electron chi connectivity index (χ3n) is 5.52. The van der Waals surface area contributed by atoms with Crippen molar-refractivity contribution in [3.8, 4) is 11.5 Å². The highest BCUT2D eigenvalue weighted by Gasteiger charge is 2.25. The van der Waals surface area contributed by atoms with Gasteiger partial charge in [0.1, 0.15) is 0 Å². The number of ether oxygens (including phenoxy) is 2. The number of anilines is 1. The van der Waals surface area contributed by atoms with Gasteiger partial charge < -0.3 is 19.3 Å². The minimum Gasteiger partial charge on any atom is -0.490 e. The molecule has 2 aliphatic rings. The first kappa shape index (κ1) is 21.6. The molecule has 0 spiro atoms. The zero-order valence-electron chi connectivity index (χ0n) is 17.8. The van der Waals surface area contributed by atoms with Gasteiger partial charge >= 0.3 is 0 Å². The Labute approximate surface area is 187 Å². The molecule has 6 nitrogen and oxygen atoms in total. The van der Waals surface area contributed by atoms with Gasteiger partial charge in [0.15, 0.2) is 18.1 Å². The average molecular weight is 441 g/mol. The van der Waals surface area contributed by atoms with Crippen molar-refractivity contribution in [1.29, 1.82) is 0 Å². The normalized spacial score (nSPS) is 15.9. The Morgan fingerprint density at radius 3 is 2.58 bits per heavy atom. The van der Waals surface area contributed by atoms with Gasteiger partial charge in [-0.3, -0.25) is 9.59 Å². The van der Waals surface area contributed by atoms with Gasteiger partial charge in [0.05, 0.1) is 12.3 Å². The summed E-state index contributed by atoms with van der Waals surface area (Å²) in [4.78, 5) is 30.5. The lowest BCUT2D eigenvalue weighted by molar-refractivity contribution is -0.134. The SMILES string of the molecule is CCOc1cc(C(=O)N2CCSc3ccccc32)ccc1OCC(=O)N1CCCCC1. The molecule has 1 saturated heterocycles. The monoisotopic (exact) mass is 440 g/mol. The van der Waals surface area contributed by atoms with E-state index in [9.17, 15) is 9.59 Å². The maximum Gasteiger partial charge on any atom is 0.260 e. The predicted octanol–water partition coefficient (Wildman–Crippen LogP) is 4.23. The summed E-state index contributed by atoms with van der Waals surface area (Å²) < 4.78 is 11.5. The van der Waals surface area contributed by atoms with Gasteiger partial charge in [-0.05, 0) is 56.5 Å². The van der Waals surface area contributed by atoms with E-state index in [0.29, 0.717) is 30.2 Å². The number of benzene rings is 2. The van der Waals surface area contributed by atoms with Crippen molar-refractivity contribution >= 4 is 29.3 Å². The average Bonchev–Trinajstić information content (AvgIpc) is 2.83. The Bertz CT molecular complexity index is 943. The fourth-order valence-electron chi connectivity index (χ4n) is 3.94. The molecule has 2 aliphatic heterocycles. The Kier molecular flexibility index (Phi) is 7.02. The Hall–Kier alpha value is -2.67. The predicted molar refractivity (Wildman–Crippen MR) is 122 cm³/mol. The van der Waals surface area contributed by atoms with E-state index in [-0.39, 0.29) is 18.4 Å². The lowest BCUT2D eigenvalue weighted by Gasteiger charge is -2.29. The van der Waals surface area contributed by atoms with Gasteiger partial charge in [-0.25, -0.2) is 0 Å². The summed E-state index contributed by atoms with van der Waals surface area (Å²) in [7, 11) is 0. The van der Waals surface area contributed by atoms with Crippen LogP contribution in [0.1, 0.15) is 36.5 Å². The van der Waals surface area contributed by atoms with E-state index < -0.39 is 0 Å². The Morgan fingerprint density at radius 1 is 0.968 bits per heavy atom. The molecule has 1 fully saturated rings. The van der Waals surface area contributed by atoms with Crippen LogP contribution in [0.5, 0.6) is 11.5 Å². The van der Waals surface area contributed by atoms with Gasteiger partial charge in [-0.1, -0.05) is 12.1 Å². The van der Waals surface area contributed by atoms with E-state index in [4.69, 9.17) is 9.47 Å². The molecule has 164 valence electrons. The van der Waals surface area contributed by atoms with Crippen molar-refractivity contribution in [3.63, 3.8) is 0 Å². The van der Waals surface area contributed by atoms with Crippen LogP contribution >= 0.6 is 11.8 Å². The lowest BCUT2D eigenvalue weighted by Crippen LogP contribution is -2.38. The second-order valence-electron chi connectivity index (χ2n) is 7.60. The molecule has 31 heavy (non-hydrogen) atoms. The second kappa shape index (κ2) is 10.1. The molecule has 0 radical (unpaired) electrons. The molecule has 0 aromatic heterocycles. The smallest absolute Gasteiger partial charge is 0.260 e. The number of amides is 2. The molecule has 2 aromatic carbocycles. The summed E-state index contributed by atoms with van der Waals surface area (Å²) in [5, 5.41) is 0. The van der Waals surface area contributed by atoms with Crippen molar-refractivity contribution in [2.24, 2.45) is 0 Å². The fourth-order valence-corrected chi connectivity index (χ4v) is 4.93. The quantitative estimate of drug-likeness (QED) is 0.673. The number of fused-ring (bicyclic) bond motifs is 1. The van der Waals surface area contributed by atoms with Crippen molar-refractivity contribution in [2.75, 3.05) is 43.5 Å². The number of nitrogens with zero attached hydrogens (tertiary/aromatic N) is 2. The molecule has 0 N–H and O–H groups in total. The minimum atomic E-state index is -0.0651. The van der Waals surface area contributed by atoms with E-state index in [2.05, 4.69) is 0 Å². The van der Waals surface area contributed by atoms with Gasteiger partial charge in [-0.15, -0.1) is 11.8 Å².